The normalized spacial score (nSPS) is 12.9. The van der Waals surface area contributed by atoms with E-state index in [-0.39, 0.29) is 0 Å². The van der Waals surface area contributed by atoms with Crippen LogP contribution in [0.5, 0.6) is 0 Å². The molecule has 338 valence electrons. The maximum atomic E-state index is 2.35. The van der Waals surface area contributed by atoms with E-state index in [0.29, 0.717) is 5.41 Å². The summed E-state index contributed by atoms with van der Waals surface area (Å²) in [5.74, 6) is 0. The van der Waals surface area contributed by atoms with Gasteiger partial charge in [-0.2, -0.15) is 0 Å². The molecule has 1 atom stereocenters. The Bertz CT molecular complexity index is 665. The highest BCUT2D eigenvalue weighted by Crippen LogP contribution is 2.42. The highest BCUT2D eigenvalue weighted by Gasteiger charge is 2.28. The number of hydrogen-bond acceptors (Lipinski definition) is 0. The summed E-state index contributed by atoms with van der Waals surface area (Å²) in [6, 6.07) is 0. The molecular formula is C56H114. The fraction of sp³-hybridized carbons (Fsp3) is 1.00. The topological polar surface area (TPSA) is 0 Å². The minimum atomic E-state index is 0.663. The Morgan fingerprint density at radius 3 is 0.375 bits per heavy atom. The molecule has 0 aromatic heterocycles. The molecule has 0 aliphatic heterocycles. The van der Waals surface area contributed by atoms with Gasteiger partial charge in [-0.25, -0.2) is 0 Å². The van der Waals surface area contributed by atoms with Crippen molar-refractivity contribution in [3.8, 4) is 0 Å². The zero-order valence-electron chi connectivity index (χ0n) is 40.6. The molecule has 0 bridgehead atoms. The lowest BCUT2D eigenvalue weighted by Gasteiger charge is -2.35. The average molecular weight is 788 g/mol. The molecule has 0 aliphatic rings. The highest BCUT2D eigenvalue weighted by atomic mass is 14.3. The summed E-state index contributed by atoms with van der Waals surface area (Å²) < 4.78 is 0. The predicted octanol–water partition coefficient (Wildman–Crippen LogP) is 21.9. The Hall–Kier alpha value is 0. The van der Waals surface area contributed by atoms with Crippen LogP contribution >= 0.6 is 0 Å². The Balaban J connectivity index is 4.78. The van der Waals surface area contributed by atoms with Crippen LogP contribution in [0.4, 0.5) is 0 Å². The van der Waals surface area contributed by atoms with Crippen LogP contribution in [0.25, 0.3) is 0 Å². The highest BCUT2D eigenvalue weighted by molar-refractivity contribution is 4.80. The Labute approximate surface area is 359 Å². The van der Waals surface area contributed by atoms with Gasteiger partial charge in [0.15, 0.2) is 0 Å². The van der Waals surface area contributed by atoms with Crippen molar-refractivity contribution in [3.63, 3.8) is 0 Å². The summed E-state index contributed by atoms with van der Waals surface area (Å²) in [6.07, 6.45) is 75.7. The van der Waals surface area contributed by atoms with Gasteiger partial charge >= 0.3 is 0 Å². The largest absolute Gasteiger partial charge is 0.0654 e. The quantitative estimate of drug-likeness (QED) is 0.0539. The molecule has 56 heavy (non-hydrogen) atoms. The standard InChI is InChI=1S/C56H114/c1-5-9-13-17-21-25-28-30-32-34-36-39-43-47-51-55-56(52-48-44-40-24-20-16-12-8-4,53-49-45-41-37-27-23-19-15-11-7-3)54-50-46-42-38-35-33-31-29-26-22-18-14-10-6-2/h5-55H2,1-4H3. The van der Waals surface area contributed by atoms with Gasteiger partial charge in [0.05, 0.1) is 0 Å². The van der Waals surface area contributed by atoms with Gasteiger partial charge in [0.1, 0.15) is 0 Å². The first-order valence-corrected chi connectivity index (χ1v) is 27.7. The SMILES string of the molecule is CCCCCCCCCCCCCCCCCC(CCCCCCCCCC)(CCCCCCCCCCCC)CCCCCCCCCCCCCCCC. The van der Waals surface area contributed by atoms with Crippen molar-refractivity contribution in [2.24, 2.45) is 5.41 Å². The van der Waals surface area contributed by atoms with Gasteiger partial charge in [0.25, 0.3) is 0 Å². The lowest BCUT2D eigenvalue weighted by Crippen LogP contribution is -2.21. The Kier molecular flexibility index (Phi) is 49.4. The van der Waals surface area contributed by atoms with E-state index in [1.165, 1.54) is 302 Å². The Morgan fingerprint density at radius 1 is 0.143 bits per heavy atom. The van der Waals surface area contributed by atoms with Crippen molar-refractivity contribution in [2.75, 3.05) is 0 Å². The van der Waals surface area contributed by atoms with E-state index in [0.717, 1.165) is 0 Å². The van der Waals surface area contributed by atoms with E-state index < -0.39 is 0 Å². The van der Waals surface area contributed by atoms with E-state index in [9.17, 15) is 0 Å². The summed E-state index contributed by atoms with van der Waals surface area (Å²) in [4.78, 5) is 0. The van der Waals surface area contributed by atoms with Crippen LogP contribution < -0.4 is 0 Å². The molecule has 0 aromatic rings. The first-order chi connectivity index (χ1) is 27.7. The predicted molar refractivity (Wildman–Crippen MR) is 261 cm³/mol. The molecule has 0 aliphatic carbocycles. The average Bonchev–Trinajstić information content (AvgIpc) is 3.21. The lowest BCUT2D eigenvalue weighted by molar-refractivity contribution is 0.171. The van der Waals surface area contributed by atoms with Crippen molar-refractivity contribution in [1.29, 1.82) is 0 Å². The summed E-state index contributed by atoms with van der Waals surface area (Å²) in [6.45, 7) is 9.35. The van der Waals surface area contributed by atoms with Crippen LogP contribution in [0, 0.1) is 5.41 Å². The molecule has 0 fully saturated rings. The smallest absolute Gasteiger partial charge is 0.0297 e. The maximum Gasteiger partial charge on any atom is -0.0297 e. The number of unbranched alkanes of at least 4 members (excludes halogenated alkanes) is 43. The number of rotatable bonds is 51. The molecule has 0 aromatic carbocycles. The van der Waals surface area contributed by atoms with Crippen molar-refractivity contribution in [1.82, 2.24) is 0 Å². The minimum absolute atomic E-state index is 0.663. The van der Waals surface area contributed by atoms with Crippen LogP contribution in [0.3, 0.4) is 0 Å². The van der Waals surface area contributed by atoms with Crippen LogP contribution in [0.15, 0.2) is 0 Å². The van der Waals surface area contributed by atoms with E-state index in [4.69, 9.17) is 0 Å². The Morgan fingerprint density at radius 2 is 0.250 bits per heavy atom. The van der Waals surface area contributed by atoms with Gasteiger partial charge in [-0.05, 0) is 31.1 Å². The van der Waals surface area contributed by atoms with Crippen molar-refractivity contribution >= 4 is 0 Å². The molecule has 0 rings (SSSR count). The third-order valence-electron chi connectivity index (χ3n) is 14.0. The molecule has 0 heteroatoms. The van der Waals surface area contributed by atoms with Crippen molar-refractivity contribution < 1.29 is 0 Å². The van der Waals surface area contributed by atoms with E-state index >= 15 is 0 Å². The van der Waals surface area contributed by atoms with E-state index in [1.807, 2.05) is 0 Å². The summed E-state index contributed by atoms with van der Waals surface area (Å²) in [5.41, 5.74) is 0.663. The minimum Gasteiger partial charge on any atom is -0.0654 e. The van der Waals surface area contributed by atoms with Gasteiger partial charge in [-0.15, -0.1) is 0 Å². The summed E-state index contributed by atoms with van der Waals surface area (Å²) in [5, 5.41) is 0. The number of hydrogen-bond donors (Lipinski definition) is 0. The van der Waals surface area contributed by atoms with Gasteiger partial charge in [0, 0.05) is 0 Å². The lowest BCUT2D eigenvalue weighted by atomic mass is 9.70. The third kappa shape index (κ3) is 43.6. The zero-order valence-corrected chi connectivity index (χ0v) is 40.6. The summed E-state index contributed by atoms with van der Waals surface area (Å²) in [7, 11) is 0. The second-order valence-corrected chi connectivity index (χ2v) is 19.7. The molecular weight excluding hydrogens is 673 g/mol. The first kappa shape index (κ1) is 56.0. The fourth-order valence-electron chi connectivity index (χ4n) is 9.94. The molecule has 0 heterocycles. The summed E-state index contributed by atoms with van der Waals surface area (Å²) >= 11 is 0. The fourth-order valence-corrected chi connectivity index (χ4v) is 9.94. The molecule has 0 radical (unpaired) electrons. The van der Waals surface area contributed by atoms with Crippen LogP contribution in [0.2, 0.25) is 0 Å². The second kappa shape index (κ2) is 49.4. The second-order valence-electron chi connectivity index (χ2n) is 19.7. The molecule has 0 spiro atoms. The van der Waals surface area contributed by atoms with Gasteiger partial charge in [-0.1, -0.05) is 329 Å². The van der Waals surface area contributed by atoms with Gasteiger partial charge < -0.3 is 0 Å². The van der Waals surface area contributed by atoms with Crippen molar-refractivity contribution in [3.05, 3.63) is 0 Å². The molecule has 0 saturated carbocycles. The van der Waals surface area contributed by atoms with Crippen molar-refractivity contribution in [2.45, 2.75) is 355 Å². The molecule has 1 unspecified atom stereocenters. The maximum absolute atomic E-state index is 2.35. The monoisotopic (exact) mass is 787 g/mol. The molecule has 0 amide bonds. The third-order valence-corrected chi connectivity index (χ3v) is 14.0. The van der Waals surface area contributed by atoms with E-state index in [1.54, 1.807) is 25.7 Å². The van der Waals surface area contributed by atoms with E-state index in [2.05, 4.69) is 27.7 Å². The van der Waals surface area contributed by atoms with Crippen LogP contribution in [0.1, 0.15) is 355 Å². The van der Waals surface area contributed by atoms with Gasteiger partial charge in [-0.3, -0.25) is 0 Å². The van der Waals surface area contributed by atoms with Crippen LogP contribution in [-0.4, -0.2) is 0 Å². The van der Waals surface area contributed by atoms with Gasteiger partial charge in [0.2, 0.25) is 0 Å². The molecule has 0 N–H and O–H groups in total. The zero-order chi connectivity index (χ0) is 40.6. The molecule has 0 saturated heterocycles. The van der Waals surface area contributed by atoms with Crippen LogP contribution in [-0.2, 0) is 0 Å². The first-order valence-electron chi connectivity index (χ1n) is 27.7. The molecule has 0 nitrogen and oxygen atoms in total.